The lowest BCUT2D eigenvalue weighted by Gasteiger charge is -2.41. The van der Waals surface area contributed by atoms with Gasteiger partial charge in [-0.2, -0.15) is 0 Å². The van der Waals surface area contributed by atoms with Crippen molar-refractivity contribution in [2.75, 3.05) is 7.05 Å². The van der Waals surface area contributed by atoms with E-state index in [0.29, 0.717) is 17.7 Å². The van der Waals surface area contributed by atoms with Crippen molar-refractivity contribution in [3.8, 4) is 0 Å². The van der Waals surface area contributed by atoms with Gasteiger partial charge in [0.2, 0.25) is 0 Å². The van der Waals surface area contributed by atoms with E-state index in [9.17, 15) is 9.90 Å². The molecule has 0 aromatic heterocycles. The Morgan fingerprint density at radius 3 is 2.81 bits per heavy atom. The number of piperidine rings is 1. The van der Waals surface area contributed by atoms with Crippen molar-refractivity contribution in [1.29, 1.82) is 0 Å². The number of hydrogen-bond donors (Lipinski definition) is 1. The number of rotatable bonds is 6. The first-order chi connectivity index (χ1) is 12.6. The van der Waals surface area contributed by atoms with Crippen LogP contribution in [-0.4, -0.2) is 51.0 Å². The summed E-state index contributed by atoms with van der Waals surface area (Å²) in [6.45, 7) is 0. The molecule has 1 aromatic carbocycles. The minimum absolute atomic E-state index is 0.0948. The van der Waals surface area contributed by atoms with Gasteiger partial charge in [0.15, 0.2) is 5.78 Å². The number of hydrogen-bond acceptors (Lipinski definition) is 4. The molecule has 138 valence electrons. The van der Waals surface area contributed by atoms with E-state index >= 15 is 0 Å². The van der Waals surface area contributed by atoms with Gasteiger partial charge in [-0.05, 0) is 26.3 Å². The third-order valence-corrected chi connectivity index (χ3v) is 7.85. The molecule has 5 atom stereocenters. The van der Waals surface area contributed by atoms with Gasteiger partial charge in [-0.25, -0.2) is 0 Å². The van der Waals surface area contributed by atoms with E-state index in [1.54, 1.807) is 0 Å². The van der Waals surface area contributed by atoms with Crippen molar-refractivity contribution in [2.24, 2.45) is 0 Å². The van der Waals surface area contributed by atoms with Gasteiger partial charge >= 0.3 is 0 Å². The molecule has 0 spiro atoms. The SMILES string of the molecule is CN1C(CC(=O)c2ccccc2)CCCC1CC(O)C12C=CC=CC1S2. The highest BCUT2D eigenvalue weighted by Gasteiger charge is 2.58. The van der Waals surface area contributed by atoms with Crippen LogP contribution in [0.3, 0.4) is 0 Å². The van der Waals surface area contributed by atoms with E-state index in [2.05, 4.69) is 36.3 Å². The number of benzene rings is 1. The maximum Gasteiger partial charge on any atom is 0.164 e. The number of allylic oxidation sites excluding steroid dienone is 2. The summed E-state index contributed by atoms with van der Waals surface area (Å²) in [4.78, 5) is 15.0. The number of aliphatic hydroxyl groups is 1. The molecule has 3 aliphatic rings. The van der Waals surface area contributed by atoms with Crippen LogP contribution < -0.4 is 0 Å². The summed E-state index contributed by atoms with van der Waals surface area (Å²) < 4.78 is -0.0948. The number of nitrogens with zero attached hydrogens (tertiary/aromatic N) is 1. The van der Waals surface area contributed by atoms with Crippen LogP contribution in [0.1, 0.15) is 42.5 Å². The molecule has 0 amide bonds. The highest BCUT2D eigenvalue weighted by Crippen LogP contribution is 2.59. The topological polar surface area (TPSA) is 40.5 Å². The molecule has 26 heavy (non-hydrogen) atoms. The van der Waals surface area contributed by atoms with Crippen molar-refractivity contribution in [2.45, 2.75) is 60.3 Å². The average Bonchev–Trinajstić information content (AvgIpc) is 3.42. The minimum atomic E-state index is -0.324. The van der Waals surface area contributed by atoms with Crippen LogP contribution >= 0.6 is 11.8 Å². The summed E-state index contributed by atoms with van der Waals surface area (Å²) in [7, 11) is 2.13. The van der Waals surface area contributed by atoms with Crippen LogP contribution in [0, 0.1) is 0 Å². The molecule has 5 unspecified atom stereocenters. The van der Waals surface area contributed by atoms with Gasteiger partial charge in [-0.3, -0.25) is 9.69 Å². The number of ketones is 1. The molecular formula is C22H27NO2S. The Morgan fingerprint density at radius 1 is 1.27 bits per heavy atom. The Balaban J connectivity index is 1.37. The molecule has 2 aliphatic heterocycles. The van der Waals surface area contributed by atoms with Crippen LogP contribution in [-0.2, 0) is 0 Å². The van der Waals surface area contributed by atoms with Crippen molar-refractivity contribution in [3.05, 3.63) is 60.2 Å². The number of carbonyl (C=O) groups is 1. The summed E-state index contributed by atoms with van der Waals surface area (Å²) >= 11 is 1.86. The second kappa shape index (κ2) is 7.34. The first kappa shape index (κ1) is 18.0. The molecule has 1 aliphatic carbocycles. The predicted molar refractivity (Wildman–Crippen MR) is 108 cm³/mol. The van der Waals surface area contributed by atoms with Gasteiger partial charge in [-0.15, -0.1) is 11.8 Å². The van der Waals surface area contributed by atoms with Crippen molar-refractivity contribution < 1.29 is 9.90 Å². The largest absolute Gasteiger partial charge is 0.391 e. The van der Waals surface area contributed by atoms with Gasteiger partial charge in [0.05, 0.1) is 10.9 Å². The zero-order valence-corrected chi connectivity index (χ0v) is 16.1. The van der Waals surface area contributed by atoms with Gasteiger partial charge < -0.3 is 5.11 Å². The van der Waals surface area contributed by atoms with Crippen LogP contribution in [0.4, 0.5) is 0 Å². The maximum atomic E-state index is 12.6. The number of Topliss-reactive ketones (excluding diaryl/α,β-unsaturated/α-hetero) is 1. The molecule has 2 heterocycles. The first-order valence-electron chi connectivity index (χ1n) is 9.62. The molecule has 0 bridgehead atoms. The summed E-state index contributed by atoms with van der Waals surface area (Å²) in [5, 5.41) is 11.3. The number of likely N-dealkylation sites (tertiary alicyclic amines) is 1. The van der Waals surface area contributed by atoms with Crippen molar-refractivity contribution in [3.63, 3.8) is 0 Å². The number of carbonyl (C=O) groups excluding carboxylic acids is 1. The molecule has 0 radical (unpaired) electrons. The lowest BCUT2D eigenvalue weighted by molar-refractivity contribution is 0.0512. The molecule has 2 saturated heterocycles. The second-order valence-corrected chi connectivity index (χ2v) is 9.24. The Morgan fingerprint density at radius 2 is 2.04 bits per heavy atom. The third-order valence-electron chi connectivity index (χ3n) is 6.23. The second-order valence-electron chi connectivity index (χ2n) is 7.78. The highest BCUT2D eigenvalue weighted by atomic mass is 32.2. The monoisotopic (exact) mass is 369 g/mol. The van der Waals surface area contributed by atoms with Gasteiger partial charge in [0, 0.05) is 29.3 Å². The fourth-order valence-electron chi connectivity index (χ4n) is 4.48. The molecule has 3 nitrogen and oxygen atoms in total. The third kappa shape index (κ3) is 3.42. The fraction of sp³-hybridized carbons (Fsp3) is 0.500. The van der Waals surface area contributed by atoms with E-state index < -0.39 is 0 Å². The molecule has 1 aromatic rings. The standard InChI is InChI=1S/C22H27NO2S/c1-23-17(14-19(24)16-8-3-2-4-9-16)10-7-11-18(23)15-20(25)22-13-6-5-12-21(22)26-22/h2-6,8-9,12-13,17-18,20-21,25H,7,10-11,14-15H2,1H3. The Labute approximate surface area is 160 Å². The molecule has 2 fully saturated rings. The van der Waals surface area contributed by atoms with E-state index in [0.717, 1.165) is 31.2 Å². The lowest BCUT2D eigenvalue weighted by Crippen LogP contribution is -2.47. The maximum absolute atomic E-state index is 12.6. The first-order valence-corrected chi connectivity index (χ1v) is 10.5. The summed E-state index contributed by atoms with van der Waals surface area (Å²) in [5.41, 5.74) is 0.804. The number of fused-ring (bicyclic) bond motifs is 1. The van der Waals surface area contributed by atoms with E-state index in [-0.39, 0.29) is 22.7 Å². The molecule has 4 heteroatoms. The zero-order valence-electron chi connectivity index (χ0n) is 15.3. The van der Waals surface area contributed by atoms with Crippen LogP contribution in [0.2, 0.25) is 0 Å². The summed E-state index contributed by atoms with van der Waals surface area (Å²) in [6, 6.07) is 10.2. The van der Waals surface area contributed by atoms with E-state index in [1.807, 2.05) is 42.1 Å². The quantitative estimate of drug-likeness (QED) is 0.611. The normalized spacial score (nSPS) is 34.3. The number of aliphatic hydroxyl groups excluding tert-OH is 1. The molecule has 0 saturated carbocycles. The van der Waals surface area contributed by atoms with Crippen molar-refractivity contribution >= 4 is 17.5 Å². The molecule has 1 N–H and O–H groups in total. The Hall–Kier alpha value is -1.36. The summed E-state index contributed by atoms with van der Waals surface area (Å²) in [6.07, 6.45) is 12.8. The Bertz CT molecular complexity index is 716. The molecule has 4 rings (SSSR count). The summed E-state index contributed by atoms with van der Waals surface area (Å²) in [5.74, 6) is 0.223. The molecular weight excluding hydrogens is 342 g/mol. The Kier molecular flexibility index (Phi) is 5.09. The lowest BCUT2D eigenvalue weighted by atomic mass is 9.85. The van der Waals surface area contributed by atoms with Gasteiger partial charge in [-0.1, -0.05) is 61.1 Å². The van der Waals surface area contributed by atoms with Crippen LogP contribution in [0.15, 0.2) is 54.6 Å². The van der Waals surface area contributed by atoms with Gasteiger partial charge in [0.1, 0.15) is 0 Å². The zero-order chi connectivity index (χ0) is 18.1. The predicted octanol–water partition coefficient (Wildman–Crippen LogP) is 3.84. The van der Waals surface area contributed by atoms with E-state index in [4.69, 9.17) is 0 Å². The van der Waals surface area contributed by atoms with Crippen LogP contribution in [0.25, 0.3) is 0 Å². The highest BCUT2D eigenvalue weighted by molar-refractivity contribution is 8.09. The van der Waals surface area contributed by atoms with E-state index in [1.165, 1.54) is 0 Å². The van der Waals surface area contributed by atoms with Gasteiger partial charge in [0.25, 0.3) is 0 Å². The minimum Gasteiger partial charge on any atom is -0.391 e. The smallest absolute Gasteiger partial charge is 0.164 e. The average molecular weight is 370 g/mol. The van der Waals surface area contributed by atoms with Crippen LogP contribution in [0.5, 0.6) is 0 Å². The fourth-order valence-corrected chi connectivity index (χ4v) is 5.75. The number of thioether (sulfide) groups is 1. The van der Waals surface area contributed by atoms with Crippen molar-refractivity contribution in [1.82, 2.24) is 4.90 Å².